The van der Waals surface area contributed by atoms with Gasteiger partial charge in [-0.05, 0) is 48.6 Å². The van der Waals surface area contributed by atoms with Crippen molar-refractivity contribution in [3.63, 3.8) is 0 Å². The maximum atomic E-state index is 13.1. The Balaban J connectivity index is 1.56. The molecule has 1 heterocycles. The molecule has 1 aliphatic carbocycles. The topological polar surface area (TPSA) is 117 Å². The van der Waals surface area contributed by atoms with E-state index >= 15 is 0 Å². The predicted molar refractivity (Wildman–Crippen MR) is 137 cm³/mol. The molecule has 35 heavy (non-hydrogen) atoms. The van der Waals surface area contributed by atoms with Gasteiger partial charge >= 0.3 is 0 Å². The van der Waals surface area contributed by atoms with E-state index < -0.39 is 16.7 Å². The summed E-state index contributed by atoms with van der Waals surface area (Å²) >= 11 is 0. The Morgan fingerprint density at radius 2 is 1.91 bits per heavy atom. The second-order valence-corrected chi connectivity index (χ2v) is 11.6. The third kappa shape index (κ3) is 6.22. The molecule has 1 unspecified atom stereocenters. The van der Waals surface area contributed by atoms with Crippen molar-refractivity contribution in [3.8, 4) is 0 Å². The average Bonchev–Trinajstić information content (AvgIpc) is 3.55. The van der Waals surface area contributed by atoms with Gasteiger partial charge in [0.25, 0.3) is 5.91 Å². The summed E-state index contributed by atoms with van der Waals surface area (Å²) in [7, 11) is -1.39. The molecule has 3 N–H and O–H groups in total. The molecule has 0 aromatic heterocycles. The molecule has 9 heteroatoms. The summed E-state index contributed by atoms with van der Waals surface area (Å²) in [5.41, 5.74) is 2.36. The molecular formula is C26H30N4O4S. The van der Waals surface area contributed by atoms with Gasteiger partial charge in [-0.2, -0.15) is 0 Å². The van der Waals surface area contributed by atoms with Gasteiger partial charge in [-0.3, -0.25) is 34.2 Å². The van der Waals surface area contributed by atoms with Crippen LogP contribution in [0.3, 0.4) is 0 Å². The highest BCUT2D eigenvalue weighted by atomic mass is 32.2. The van der Waals surface area contributed by atoms with Crippen LogP contribution < -0.4 is 16.0 Å². The van der Waals surface area contributed by atoms with E-state index in [1.807, 2.05) is 32.0 Å². The van der Waals surface area contributed by atoms with E-state index in [1.165, 1.54) is 0 Å². The monoisotopic (exact) mass is 494 g/mol. The maximum Gasteiger partial charge on any atom is 0.258 e. The average molecular weight is 495 g/mol. The number of aliphatic imine (C=N–C) groups is 1. The highest BCUT2D eigenvalue weighted by Crippen LogP contribution is 2.48. The number of anilines is 2. The van der Waals surface area contributed by atoms with Gasteiger partial charge in [-0.1, -0.05) is 32.9 Å². The summed E-state index contributed by atoms with van der Waals surface area (Å²) in [6.07, 6.45) is 2.99. The molecule has 0 saturated heterocycles. The molecule has 0 radical (unpaired) electrons. The first-order chi connectivity index (χ1) is 16.6. The number of guanidine groups is 1. The van der Waals surface area contributed by atoms with Crippen LogP contribution in [0.25, 0.3) is 0 Å². The van der Waals surface area contributed by atoms with Crippen molar-refractivity contribution in [2.45, 2.75) is 56.6 Å². The standard InChI is InChI=1S/C26H30N4O4S/c1-16(2)35(34)22-14-18(24(33)30-25-27-12-9-23(32)29-25)7-8-20(22)28-19-6-4-5-17(13-19)21(31)15-26(3)10-11-26/h4-8,13-14,16,28H,9-12,15H2,1-3H3,(H2,27,29,30,32,33). The Hall–Kier alpha value is -3.33. The summed E-state index contributed by atoms with van der Waals surface area (Å²) in [6.45, 7) is 6.13. The number of carbonyl (C=O) groups is 3. The van der Waals surface area contributed by atoms with Gasteiger partial charge in [0, 0.05) is 34.9 Å². The lowest BCUT2D eigenvalue weighted by Crippen LogP contribution is -2.46. The maximum absolute atomic E-state index is 13.1. The Morgan fingerprint density at radius 3 is 2.60 bits per heavy atom. The third-order valence-electron chi connectivity index (χ3n) is 6.14. The number of rotatable bonds is 8. The van der Waals surface area contributed by atoms with Crippen molar-refractivity contribution in [2.24, 2.45) is 10.4 Å². The summed E-state index contributed by atoms with van der Waals surface area (Å²) in [6, 6.07) is 12.2. The number of hydrogen-bond acceptors (Lipinski definition) is 6. The van der Waals surface area contributed by atoms with Crippen LogP contribution in [0, 0.1) is 5.41 Å². The molecule has 1 atom stereocenters. The SMILES string of the molecule is CC(C)S(=O)c1cc(C(=O)NC2=NCCC(=O)N2)ccc1Nc1cccc(C(=O)CC2(C)CC2)c1. The van der Waals surface area contributed by atoms with Gasteiger partial charge in [-0.25, -0.2) is 0 Å². The van der Waals surface area contributed by atoms with Crippen molar-refractivity contribution in [3.05, 3.63) is 53.6 Å². The molecule has 0 spiro atoms. The Morgan fingerprint density at radius 1 is 1.14 bits per heavy atom. The second-order valence-electron chi connectivity index (χ2n) is 9.66. The number of hydrogen-bond donors (Lipinski definition) is 3. The summed E-state index contributed by atoms with van der Waals surface area (Å²) < 4.78 is 13.1. The normalized spacial score (nSPS) is 17.3. The molecule has 184 valence electrons. The zero-order chi connectivity index (χ0) is 25.2. The Bertz CT molecular complexity index is 1230. The van der Waals surface area contributed by atoms with Crippen molar-refractivity contribution in [1.82, 2.24) is 10.6 Å². The van der Waals surface area contributed by atoms with Crippen LogP contribution in [0.2, 0.25) is 0 Å². The molecule has 4 rings (SSSR count). The first-order valence-electron chi connectivity index (χ1n) is 11.7. The molecular weight excluding hydrogens is 464 g/mol. The van der Waals surface area contributed by atoms with Crippen LogP contribution in [0.15, 0.2) is 52.4 Å². The lowest BCUT2D eigenvalue weighted by Gasteiger charge is -2.17. The largest absolute Gasteiger partial charge is 0.355 e. The smallest absolute Gasteiger partial charge is 0.258 e. The van der Waals surface area contributed by atoms with E-state index in [-0.39, 0.29) is 34.7 Å². The first-order valence-corrected chi connectivity index (χ1v) is 13.0. The lowest BCUT2D eigenvalue weighted by atomic mass is 9.97. The van der Waals surface area contributed by atoms with Crippen LogP contribution in [-0.4, -0.2) is 39.6 Å². The highest BCUT2D eigenvalue weighted by molar-refractivity contribution is 7.85. The van der Waals surface area contributed by atoms with Crippen molar-refractivity contribution >= 4 is 45.7 Å². The molecule has 1 aliphatic heterocycles. The van der Waals surface area contributed by atoms with Crippen molar-refractivity contribution in [1.29, 1.82) is 0 Å². The molecule has 0 bridgehead atoms. The molecule has 2 aliphatic rings. The highest BCUT2D eigenvalue weighted by Gasteiger charge is 2.39. The fourth-order valence-corrected chi connectivity index (χ4v) is 4.83. The zero-order valence-corrected chi connectivity index (χ0v) is 21.0. The minimum absolute atomic E-state index is 0.113. The summed E-state index contributed by atoms with van der Waals surface area (Å²) in [4.78, 5) is 41.6. The number of nitrogens with zero attached hydrogens (tertiary/aromatic N) is 1. The van der Waals surface area contributed by atoms with Crippen LogP contribution in [0.5, 0.6) is 0 Å². The Kier molecular flexibility index (Phi) is 7.16. The summed E-state index contributed by atoms with van der Waals surface area (Å²) in [5, 5.41) is 8.22. The molecule has 2 amide bonds. The summed E-state index contributed by atoms with van der Waals surface area (Å²) in [5.74, 6) is -0.435. The van der Waals surface area contributed by atoms with Gasteiger partial charge in [0.15, 0.2) is 5.78 Å². The van der Waals surface area contributed by atoms with E-state index in [4.69, 9.17) is 0 Å². The predicted octanol–water partition coefficient (Wildman–Crippen LogP) is 3.92. The molecule has 1 saturated carbocycles. The number of ketones is 1. The molecule has 2 aromatic carbocycles. The van der Waals surface area contributed by atoms with Gasteiger partial charge < -0.3 is 5.32 Å². The second kappa shape index (κ2) is 10.1. The van der Waals surface area contributed by atoms with E-state index in [0.717, 1.165) is 12.8 Å². The number of Topliss-reactive ketones (excluding diaryl/α,β-unsaturated/α-hetero) is 1. The van der Waals surface area contributed by atoms with Gasteiger partial charge in [0.2, 0.25) is 11.9 Å². The fourth-order valence-electron chi connectivity index (χ4n) is 3.75. The minimum Gasteiger partial charge on any atom is -0.355 e. The van der Waals surface area contributed by atoms with Crippen LogP contribution in [0.4, 0.5) is 11.4 Å². The molecule has 1 fully saturated rings. The quantitative estimate of drug-likeness (QED) is 0.481. The number of carbonyl (C=O) groups excluding carboxylic acids is 3. The van der Waals surface area contributed by atoms with E-state index in [1.54, 1.807) is 24.3 Å². The van der Waals surface area contributed by atoms with Crippen molar-refractivity contribution in [2.75, 3.05) is 11.9 Å². The fraction of sp³-hybridized carbons (Fsp3) is 0.385. The third-order valence-corrected chi connectivity index (χ3v) is 7.77. The van der Waals surface area contributed by atoms with Gasteiger partial charge in [0.1, 0.15) is 0 Å². The van der Waals surface area contributed by atoms with Crippen LogP contribution >= 0.6 is 0 Å². The van der Waals surface area contributed by atoms with Gasteiger partial charge in [0.05, 0.1) is 27.9 Å². The lowest BCUT2D eigenvalue weighted by molar-refractivity contribution is -0.119. The van der Waals surface area contributed by atoms with Crippen LogP contribution in [-0.2, 0) is 15.6 Å². The Labute approximate surface area is 207 Å². The number of amides is 2. The van der Waals surface area contributed by atoms with Crippen LogP contribution in [0.1, 0.15) is 67.2 Å². The number of nitrogens with one attached hydrogen (secondary N) is 3. The molecule has 8 nitrogen and oxygen atoms in total. The van der Waals surface area contributed by atoms with Gasteiger partial charge in [-0.15, -0.1) is 0 Å². The van der Waals surface area contributed by atoms with Crippen molar-refractivity contribution < 1.29 is 18.6 Å². The number of benzene rings is 2. The van der Waals surface area contributed by atoms with E-state index in [0.29, 0.717) is 40.4 Å². The van der Waals surface area contributed by atoms with E-state index in [2.05, 4.69) is 27.9 Å². The zero-order valence-electron chi connectivity index (χ0n) is 20.1. The minimum atomic E-state index is -1.39. The molecule has 2 aromatic rings. The first kappa shape index (κ1) is 24.8. The van der Waals surface area contributed by atoms with E-state index in [9.17, 15) is 18.6 Å².